The fraction of sp³-hybridized carbons (Fsp3) is 0. The van der Waals surface area contributed by atoms with Gasteiger partial charge >= 0.3 is 5.69 Å². The van der Waals surface area contributed by atoms with Gasteiger partial charge in [-0.25, -0.2) is 13.2 Å². The highest BCUT2D eigenvalue weighted by Crippen LogP contribution is 2.31. The van der Waals surface area contributed by atoms with Crippen LogP contribution in [0.15, 0.2) is 92.3 Å². The average Bonchev–Trinajstić information content (AvgIpc) is 3.26. The van der Waals surface area contributed by atoms with Crippen LogP contribution in [-0.2, 0) is 9.84 Å². The van der Waals surface area contributed by atoms with Crippen LogP contribution < -0.4 is 11.2 Å². The van der Waals surface area contributed by atoms with Crippen molar-refractivity contribution in [2.24, 2.45) is 0 Å². The summed E-state index contributed by atoms with van der Waals surface area (Å²) < 4.78 is 28.3. The van der Waals surface area contributed by atoms with E-state index in [-0.39, 0.29) is 36.4 Å². The van der Waals surface area contributed by atoms with Gasteiger partial charge in [0.1, 0.15) is 0 Å². The minimum Gasteiger partial charge on any atom is -0.421 e. The number of hydrogen-bond donors (Lipinski definition) is 2. The van der Waals surface area contributed by atoms with Gasteiger partial charge in [-0.2, -0.15) is 0 Å². The number of nitrogens with one attached hydrogen (secondary N) is 1. The standard InChI is InChI=1S/C23H14ClN3O6S/c24-16-8-9-18(20-19(16)22(29)27(31)23(30)25-20)34(32,33)15-7-6-13-10-11-26(17(13)12-15)21(28)14-4-2-1-3-5-14/h1-12,31H,(H,25,30). The summed E-state index contributed by atoms with van der Waals surface area (Å²) in [5, 5.41) is 9.77. The molecule has 0 atom stereocenters. The first-order valence-electron chi connectivity index (χ1n) is 9.83. The molecule has 0 amide bonds. The maximum Gasteiger partial charge on any atom is 0.362 e. The first kappa shape index (κ1) is 21.7. The van der Waals surface area contributed by atoms with Crippen molar-refractivity contribution in [3.05, 3.63) is 104 Å². The third-order valence-corrected chi connectivity index (χ3v) is 7.56. The number of aromatic amines is 1. The third-order valence-electron chi connectivity index (χ3n) is 5.45. The van der Waals surface area contributed by atoms with Crippen molar-refractivity contribution in [3.63, 3.8) is 0 Å². The fourth-order valence-electron chi connectivity index (χ4n) is 3.77. The fourth-order valence-corrected chi connectivity index (χ4v) is 5.45. The number of rotatable bonds is 3. The lowest BCUT2D eigenvalue weighted by Crippen LogP contribution is -2.33. The highest BCUT2D eigenvalue weighted by molar-refractivity contribution is 7.91. The molecule has 2 heterocycles. The molecule has 170 valence electrons. The van der Waals surface area contributed by atoms with E-state index in [1.165, 1.54) is 22.8 Å². The molecule has 3 aromatic carbocycles. The average molecular weight is 496 g/mol. The Kier molecular flexibility index (Phi) is 4.92. The number of halogens is 1. The Morgan fingerprint density at radius 2 is 1.71 bits per heavy atom. The first-order chi connectivity index (χ1) is 16.2. The lowest BCUT2D eigenvalue weighted by molar-refractivity contribution is 0.0965. The molecule has 2 N–H and O–H groups in total. The molecule has 0 aliphatic carbocycles. The van der Waals surface area contributed by atoms with Crippen molar-refractivity contribution in [2.75, 3.05) is 0 Å². The lowest BCUT2D eigenvalue weighted by Gasteiger charge is -2.10. The van der Waals surface area contributed by atoms with E-state index < -0.39 is 21.1 Å². The number of sulfone groups is 1. The van der Waals surface area contributed by atoms with E-state index in [1.54, 1.807) is 48.7 Å². The van der Waals surface area contributed by atoms with Gasteiger partial charge < -0.3 is 10.2 Å². The van der Waals surface area contributed by atoms with E-state index in [1.807, 2.05) is 0 Å². The lowest BCUT2D eigenvalue weighted by atomic mass is 10.2. The van der Waals surface area contributed by atoms with Crippen LogP contribution in [0, 0.1) is 0 Å². The van der Waals surface area contributed by atoms with Crippen molar-refractivity contribution in [1.29, 1.82) is 0 Å². The Bertz CT molecular complexity index is 1850. The Morgan fingerprint density at radius 3 is 2.44 bits per heavy atom. The summed E-state index contributed by atoms with van der Waals surface area (Å²) in [5.74, 6) is -0.338. The molecule has 9 nitrogen and oxygen atoms in total. The number of fused-ring (bicyclic) bond motifs is 2. The number of H-pyrrole nitrogens is 1. The van der Waals surface area contributed by atoms with Crippen LogP contribution in [0.5, 0.6) is 0 Å². The summed E-state index contributed by atoms with van der Waals surface area (Å²) in [6.45, 7) is 0. The van der Waals surface area contributed by atoms with Crippen LogP contribution in [0.25, 0.3) is 21.8 Å². The van der Waals surface area contributed by atoms with Gasteiger partial charge in [0.15, 0.2) is 0 Å². The van der Waals surface area contributed by atoms with Crippen molar-refractivity contribution in [3.8, 4) is 0 Å². The molecule has 0 aliphatic rings. The van der Waals surface area contributed by atoms with Crippen molar-refractivity contribution >= 4 is 49.2 Å². The second-order valence-corrected chi connectivity index (χ2v) is 9.75. The zero-order valence-electron chi connectivity index (χ0n) is 17.1. The van der Waals surface area contributed by atoms with E-state index in [2.05, 4.69) is 4.98 Å². The predicted molar refractivity (Wildman–Crippen MR) is 125 cm³/mol. The van der Waals surface area contributed by atoms with Crippen LogP contribution >= 0.6 is 11.6 Å². The van der Waals surface area contributed by atoms with Gasteiger partial charge in [0.2, 0.25) is 9.84 Å². The Labute approximate surface area is 196 Å². The third kappa shape index (κ3) is 3.23. The summed E-state index contributed by atoms with van der Waals surface area (Å²) in [6, 6.07) is 16.8. The molecule has 0 unspecified atom stereocenters. The van der Waals surface area contributed by atoms with Gasteiger partial charge in [0.05, 0.1) is 31.2 Å². The van der Waals surface area contributed by atoms with E-state index in [4.69, 9.17) is 11.6 Å². The zero-order valence-corrected chi connectivity index (χ0v) is 18.7. The van der Waals surface area contributed by atoms with E-state index >= 15 is 0 Å². The maximum atomic E-state index is 13.6. The van der Waals surface area contributed by atoms with Gasteiger partial charge in [0, 0.05) is 17.1 Å². The zero-order chi connectivity index (χ0) is 24.2. The molecule has 2 aromatic heterocycles. The molecule has 0 spiro atoms. The summed E-state index contributed by atoms with van der Waals surface area (Å²) in [6.07, 6.45) is 1.55. The summed E-state index contributed by atoms with van der Waals surface area (Å²) >= 11 is 6.05. The van der Waals surface area contributed by atoms with Crippen LogP contribution in [0.3, 0.4) is 0 Å². The Balaban J connectivity index is 1.73. The van der Waals surface area contributed by atoms with Gasteiger partial charge in [-0.3, -0.25) is 14.2 Å². The Hall–Kier alpha value is -4.15. The topological polar surface area (TPSA) is 131 Å². The summed E-state index contributed by atoms with van der Waals surface area (Å²) in [7, 11) is -4.29. The second kappa shape index (κ2) is 7.72. The molecule has 0 radical (unpaired) electrons. The van der Waals surface area contributed by atoms with Crippen LogP contribution in [-0.4, -0.2) is 33.8 Å². The summed E-state index contributed by atoms with van der Waals surface area (Å²) in [4.78, 5) is 38.9. The SMILES string of the molecule is O=C(c1ccccc1)n1ccc2ccc(S(=O)(=O)c3ccc(Cl)c4c(=O)n(O)c(=O)[nH]c34)cc21. The molecule has 34 heavy (non-hydrogen) atoms. The highest BCUT2D eigenvalue weighted by Gasteiger charge is 2.25. The van der Waals surface area contributed by atoms with Gasteiger partial charge in [-0.1, -0.05) is 40.6 Å². The van der Waals surface area contributed by atoms with Crippen LogP contribution in [0.2, 0.25) is 5.02 Å². The number of carbonyl (C=O) groups is 1. The van der Waals surface area contributed by atoms with Crippen molar-refractivity contribution in [1.82, 2.24) is 14.3 Å². The molecular formula is C23H14ClN3O6S. The smallest absolute Gasteiger partial charge is 0.362 e. The molecule has 0 bridgehead atoms. The molecule has 5 rings (SSSR count). The number of aromatic nitrogens is 3. The van der Waals surface area contributed by atoms with Crippen LogP contribution in [0.4, 0.5) is 0 Å². The first-order valence-corrected chi connectivity index (χ1v) is 11.7. The number of carbonyl (C=O) groups excluding carboxylic acids is 1. The molecule has 0 saturated heterocycles. The summed E-state index contributed by atoms with van der Waals surface area (Å²) in [5.41, 5.74) is -1.91. The quantitative estimate of drug-likeness (QED) is 0.370. The second-order valence-electron chi connectivity index (χ2n) is 7.42. The number of nitrogens with zero attached hydrogens (tertiary/aromatic N) is 2. The Morgan fingerprint density at radius 1 is 0.971 bits per heavy atom. The highest BCUT2D eigenvalue weighted by atomic mass is 35.5. The molecule has 5 aromatic rings. The largest absolute Gasteiger partial charge is 0.421 e. The molecular weight excluding hydrogens is 482 g/mol. The van der Waals surface area contributed by atoms with Crippen molar-refractivity contribution in [2.45, 2.75) is 9.79 Å². The number of benzene rings is 3. The molecule has 0 aliphatic heterocycles. The predicted octanol–water partition coefficient (Wildman–Crippen LogP) is 3.06. The monoisotopic (exact) mass is 495 g/mol. The number of hydrogen-bond acceptors (Lipinski definition) is 6. The van der Waals surface area contributed by atoms with E-state index in [9.17, 15) is 28.0 Å². The van der Waals surface area contributed by atoms with Crippen LogP contribution in [0.1, 0.15) is 10.4 Å². The minimum atomic E-state index is -4.29. The van der Waals surface area contributed by atoms with Gasteiger partial charge in [-0.15, -0.1) is 0 Å². The normalized spacial score (nSPS) is 11.8. The molecule has 0 saturated carbocycles. The minimum absolute atomic E-state index is 0.143. The van der Waals surface area contributed by atoms with E-state index in [0.717, 1.165) is 6.07 Å². The van der Waals surface area contributed by atoms with Gasteiger partial charge in [0.25, 0.3) is 11.5 Å². The molecule has 11 heteroatoms. The molecule has 0 fully saturated rings. The maximum absolute atomic E-state index is 13.6. The van der Waals surface area contributed by atoms with E-state index in [0.29, 0.717) is 16.5 Å². The van der Waals surface area contributed by atoms with Gasteiger partial charge in [-0.05, 0) is 42.5 Å². The van der Waals surface area contributed by atoms with Crippen molar-refractivity contribution < 1.29 is 18.4 Å².